The van der Waals surface area contributed by atoms with Crippen molar-refractivity contribution in [2.24, 2.45) is 0 Å². The van der Waals surface area contributed by atoms with Gasteiger partial charge in [-0.3, -0.25) is 4.79 Å². The first-order chi connectivity index (χ1) is 12.2. The predicted octanol–water partition coefficient (Wildman–Crippen LogP) is 3.12. The number of carbonyl (C=O) groups is 1. The average molecular weight is 338 g/mol. The Labute approximate surface area is 144 Å². The van der Waals surface area contributed by atoms with Crippen molar-refractivity contribution >= 4 is 5.91 Å². The molecule has 1 aliphatic heterocycles. The summed E-state index contributed by atoms with van der Waals surface area (Å²) in [5.41, 5.74) is 2.70. The van der Waals surface area contributed by atoms with Crippen molar-refractivity contribution in [3.63, 3.8) is 0 Å². The Morgan fingerprint density at radius 3 is 3.08 bits per heavy atom. The second kappa shape index (κ2) is 6.47. The molecule has 0 fully saturated rings. The molecular weight excluding hydrogens is 320 g/mol. The van der Waals surface area contributed by atoms with Gasteiger partial charge in [0.15, 0.2) is 5.76 Å². The van der Waals surface area contributed by atoms with Crippen molar-refractivity contribution in [1.29, 1.82) is 0 Å². The van der Waals surface area contributed by atoms with Gasteiger partial charge in [-0.05, 0) is 42.8 Å². The first kappa shape index (κ1) is 15.5. The molecule has 0 radical (unpaired) electrons. The van der Waals surface area contributed by atoms with Crippen molar-refractivity contribution in [3.8, 4) is 17.1 Å². The van der Waals surface area contributed by atoms with Crippen LogP contribution in [0.15, 0.2) is 51.6 Å². The van der Waals surface area contributed by atoms with Crippen LogP contribution in [0.1, 0.15) is 23.9 Å². The topological polar surface area (TPSA) is 77.5 Å². The number of fused-ring (bicyclic) bond motifs is 1. The van der Waals surface area contributed by atoms with E-state index < -0.39 is 0 Å². The lowest BCUT2D eigenvalue weighted by Gasteiger charge is -2.02. The van der Waals surface area contributed by atoms with E-state index in [9.17, 15) is 4.79 Å². The maximum absolute atomic E-state index is 12.0. The number of ether oxygens (including phenoxy) is 1. The zero-order valence-electron chi connectivity index (χ0n) is 13.8. The average Bonchev–Trinajstić information content (AvgIpc) is 3.32. The monoisotopic (exact) mass is 338 g/mol. The highest BCUT2D eigenvalue weighted by molar-refractivity contribution is 5.78. The summed E-state index contributed by atoms with van der Waals surface area (Å²) in [6.07, 6.45) is 2.83. The van der Waals surface area contributed by atoms with Crippen LogP contribution in [0.25, 0.3) is 11.3 Å². The van der Waals surface area contributed by atoms with E-state index in [0.29, 0.717) is 23.8 Å². The molecule has 0 aliphatic carbocycles. The number of carbonyl (C=O) groups excluding carboxylic acids is 1. The standard InChI is InChI=1S/C19H18N2O4/c1-12-7-14-8-13(4-5-17(14)24-12)18-9-15(21-25-18)10-19(22)20-11-16-3-2-6-23-16/h2-6,8-9,12H,7,10-11H2,1H3,(H,20,22). The zero-order chi connectivity index (χ0) is 17.2. The van der Waals surface area contributed by atoms with Crippen LogP contribution in [0, 0.1) is 0 Å². The molecule has 1 unspecified atom stereocenters. The summed E-state index contributed by atoms with van der Waals surface area (Å²) >= 11 is 0. The van der Waals surface area contributed by atoms with E-state index >= 15 is 0 Å². The minimum Gasteiger partial charge on any atom is -0.490 e. The third-order valence-corrected chi connectivity index (χ3v) is 4.12. The molecule has 1 atom stereocenters. The number of rotatable bonds is 5. The molecule has 128 valence electrons. The fourth-order valence-electron chi connectivity index (χ4n) is 2.93. The van der Waals surface area contributed by atoms with E-state index in [2.05, 4.69) is 16.5 Å². The Morgan fingerprint density at radius 2 is 2.24 bits per heavy atom. The Kier molecular flexibility index (Phi) is 4.01. The molecule has 1 aromatic carbocycles. The molecule has 1 N–H and O–H groups in total. The lowest BCUT2D eigenvalue weighted by Crippen LogP contribution is -2.24. The molecule has 6 heteroatoms. The molecule has 3 aromatic rings. The summed E-state index contributed by atoms with van der Waals surface area (Å²) in [5, 5.41) is 6.79. The molecular formula is C19H18N2O4. The van der Waals surface area contributed by atoms with Crippen molar-refractivity contribution < 1.29 is 18.5 Å². The van der Waals surface area contributed by atoms with Crippen molar-refractivity contribution in [1.82, 2.24) is 10.5 Å². The third-order valence-electron chi connectivity index (χ3n) is 4.12. The highest BCUT2D eigenvalue weighted by atomic mass is 16.5. The zero-order valence-corrected chi connectivity index (χ0v) is 13.8. The van der Waals surface area contributed by atoms with Crippen molar-refractivity contribution in [3.05, 3.63) is 59.7 Å². The molecule has 0 spiro atoms. The Morgan fingerprint density at radius 1 is 1.32 bits per heavy atom. The van der Waals surface area contributed by atoms with Gasteiger partial charge in [0.2, 0.25) is 5.91 Å². The van der Waals surface area contributed by atoms with Crippen molar-refractivity contribution in [2.45, 2.75) is 32.4 Å². The maximum Gasteiger partial charge on any atom is 0.226 e. The van der Waals surface area contributed by atoms with Gasteiger partial charge in [0.05, 0.1) is 24.9 Å². The van der Waals surface area contributed by atoms with Gasteiger partial charge < -0.3 is 19.0 Å². The highest BCUT2D eigenvalue weighted by Gasteiger charge is 2.20. The number of hydrogen-bond acceptors (Lipinski definition) is 5. The summed E-state index contributed by atoms with van der Waals surface area (Å²) in [4.78, 5) is 12.0. The van der Waals surface area contributed by atoms with Gasteiger partial charge in [-0.25, -0.2) is 0 Å². The highest BCUT2D eigenvalue weighted by Crippen LogP contribution is 2.33. The van der Waals surface area contributed by atoms with E-state index in [1.54, 1.807) is 18.4 Å². The van der Waals surface area contributed by atoms with E-state index in [0.717, 1.165) is 17.7 Å². The number of furan rings is 1. The van der Waals surface area contributed by atoms with Gasteiger partial charge in [0.25, 0.3) is 0 Å². The van der Waals surface area contributed by atoms with E-state index in [-0.39, 0.29) is 18.4 Å². The minimum absolute atomic E-state index is 0.132. The first-order valence-corrected chi connectivity index (χ1v) is 8.22. The van der Waals surface area contributed by atoms with Crippen molar-refractivity contribution in [2.75, 3.05) is 0 Å². The smallest absolute Gasteiger partial charge is 0.226 e. The number of nitrogens with zero attached hydrogens (tertiary/aromatic N) is 1. The summed E-state index contributed by atoms with van der Waals surface area (Å²) in [6.45, 7) is 2.41. The van der Waals surface area contributed by atoms with Gasteiger partial charge in [0.1, 0.15) is 17.6 Å². The summed E-state index contributed by atoms with van der Waals surface area (Å²) < 4.78 is 16.3. The third kappa shape index (κ3) is 3.42. The van der Waals surface area contributed by atoms with Crippen LogP contribution in [-0.2, 0) is 24.2 Å². The van der Waals surface area contributed by atoms with Gasteiger partial charge in [-0.15, -0.1) is 0 Å². The summed E-state index contributed by atoms with van der Waals surface area (Å²) in [7, 11) is 0. The molecule has 1 amide bonds. The fraction of sp³-hybridized carbons (Fsp3) is 0.263. The molecule has 0 bridgehead atoms. The number of benzene rings is 1. The Hall–Kier alpha value is -3.02. The first-order valence-electron chi connectivity index (χ1n) is 8.22. The van der Waals surface area contributed by atoms with Crippen LogP contribution in [0.3, 0.4) is 0 Å². The molecule has 0 saturated heterocycles. The lowest BCUT2D eigenvalue weighted by atomic mass is 10.1. The number of aromatic nitrogens is 1. The maximum atomic E-state index is 12.0. The number of amides is 1. The molecule has 6 nitrogen and oxygen atoms in total. The van der Waals surface area contributed by atoms with E-state index in [1.165, 1.54) is 5.56 Å². The largest absolute Gasteiger partial charge is 0.490 e. The van der Waals surface area contributed by atoms with Gasteiger partial charge >= 0.3 is 0 Å². The quantitative estimate of drug-likeness (QED) is 0.773. The molecule has 4 rings (SSSR count). The second-order valence-electron chi connectivity index (χ2n) is 6.17. The van der Waals surface area contributed by atoms with Crippen LogP contribution >= 0.6 is 0 Å². The Bertz CT molecular complexity index is 883. The number of hydrogen-bond donors (Lipinski definition) is 1. The second-order valence-corrected chi connectivity index (χ2v) is 6.17. The van der Waals surface area contributed by atoms with Gasteiger partial charge in [-0.2, -0.15) is 0 Å². The molecule has 3 heterocycles. The SMILES string of the molecule is CC1Cc2cc(-c3cc(CC(=O)NCc4ccco4)no3)ccc2O1. The molecule has 1 aliphatic rings. The fourth-order valence-corrected chi connectivity index (χ4v) is 2.93. The molecule has 0 saturated carbocycles. The normalized spacial score (nSPS) is 15.6. The molecule has 2 aromatic heterocycles. The van der Waals surface area contributed by atoms with Crippen LogP contribution in [0.5, 0.6) is 5.75 Å². The van der Waals surface area contributed by atoms with Gasteiger partial charge in [0, 0.05) is 18.1 Å². The molecule has 25 heavy (non-hydrogen) atoms. The summed E-state index contributed by atoms with van der Waals surface area (Å²) in [5.74, 6) is 2.15. The van der Waals surface area contributed by atoms with Crippen LogP contribution in [0.4, 0.5) is 0 Å². The Balaban J connectivity index is 1.40. The predicted molar refractivity (Wildman–Crippen MR) is 90.0 cm³/mol. The van der Waals surface area contributed by atoms with Gasteiger partial charge in [-0.1, -0.05) is 5.16 Å². The van der Waals surface area contributed by atoms with E-state index in [1.807, 2.05) is 25.1 Å². The van der Waals surface area contributed by atoms with Crippen LogP contribution < -0.4 is 10.1 Å². The number of nitrogens with one attached hydrogen (secondary N) is 1. The van der Waals surface area contributed by atoms with Crippen LogP contribution in [-0.4, -0.2) is 17.2 Å². The van der Waals surface area contributed by atoms with Crippen LogP contribution in [0.2, 0.25) is 0 Å². The van der Waals surface area contributed by atoms with E-state index in [4.69, 9.17) is 13.7 Å². The minimum atomic E-state index is -0.132. The summed E-state index contributed by atoms with van der Waals surface area (Å²) in [6, 6.07) is 11.3. The lowest BCUT2D eigenvalue weighted by molar-refractivity contribution is -0.120.